The first-order chi connectivity index (χ1) is 15.7. The molecule has 1 fully saturated rings. The van der Waals surface area contributed by atoms with Crippen LogP contribution in [0.2, 0.25) is 0 Å². The molecule has 2 aliphatic rings. The molecule has 0 saturated carbocycles. The van der Waals surface area contributed by atoms with E-state index in [2.05, 4.69) is 39.9 Å². The van der Waals surface area contributed by atoms with Gasteiger partial charge in [0.25, 0.3) is 5.91 Å². The molecule has 2 aromatic rings. The number of benzene rings is 2. The van der Waals surface area contributed by atoms with E-state index in [1.54, 1.807) is 12.0 Å². The second-order valence-corrected chi connectivity index (χ2v) is 8.51. The third kappa shape index (κ3) is 5.42. The zero-order valence-electron chi connectivity index (χ0n) is 18.8. The van der Waals surface area contributed by atoms with Crippen molar-refractivity contribution in [3.8, 4) is 5.75 Å². The molecule has 0 aliphatic carbocycles. The summed E-state index contributed by atoms with van der Waals surface area (Å²) in [5.74, 6) is -0.201. The SMILES string of the molecule is COCCN1c2cccc(C)c2CN1C[C@@H]1CCN(C(=O)c2ccc(OC(F)(F)F)cc2)C1. The molecule has 2 heterocycles. The van der Waals surface area contributed by atoms with Crippen LogP contribution in [0.3, 0.4) is 0 Å². The van der Waals surface area contributed by atoms with Crippen molar-refractivity contribution in [3.05, 3.63) is 59.2 Å². The fraction of sp³-hybridized carbons (Fsp3) is 0.458. The van der Waals surface area contributed by atoms with Gasteiger partial charge in [-0.1, -0.05) is 12.1 Å². The molecule has 4 rings (SSSR count). The molecule has 1 atom stereocenters. The summed E-state index contributed by atoms with van der Waals surface area (Å²) < 4.78 is 46.2. The Kier molecular flexibility index (Phi) is 6.81. The molecule has 33 heavy (non-hydrogen) atoms. The summed E-state index contributed by atoms with van der Waals surface area (Å²) in [6, 6.07) is 11.4. The minimum Gasteiger partial charge on any atom is -0.406 e. The first-order valence-corrected chi connectivity index (χ1v) is 11.0. The van der Waals surface area contributed by atoms with Gasteiger partial charge in [0.1, 0.15) is 5.75 Å². The Hall–Kier alpha value is -2.78. The number of alkyl halides is 3. The lowest BCUT2D eigenvalue weighted by atomic mass is 10.1. The topological polar surface area (TPSA) is 45.2 Å². The van der Waals surface area contributed by atoms with Crippen LogP contribution in [0.4, 0.5) is 18.9 Å². The number of nitrogens with zero attached hydrogens (tertiary/aromatic N) is 3. The second-order valence-electron chi connectivity index (χ2n) is 8.51. The Bertz CT molecular complexity index is 981. The number of amides is 1. The van der Waals surface area contributed by atoms with Crippen molar-refractivity contribution in [2.45, 2.75) is 26.3 Å². The molecule has 0 spiro atoms. The molecule has 0 radical (unpaired) electrons. The van der Waals surface area contributed by atoms with Crippen LogP contribution in [0.5, 0.6) is 5.75 Å². The Morgan fingerprint density at radius 2 is 1.91 bits per heavy atom. The van der Waals surface area contributed by atoms with Crippen molar-refractivity contribution < 1.29 is 27.4 Å². The standard InChI is InChI=1S/C24H28F3N3O3/c1-17-4-3-5-22-21(17)16-29(30(22)12-13-32-2)15-18-10-11-28(14-18)23(31)19-6-8-20(9-7-19)33-24(25,26)27/h3-9,18H,10-16H2,1-2H3/t18-/m1/s1. The third-order valence-corrected chi connectivity index (χ3v) is 6.23. The van der Waals surface area contributed by atoms with E-state index >= 15 is 0 Å². The van der Waals surface area contributed by atoms with E-state index in [-0.39, 0.29) is 11.7 Å². The summed E-state index contributed by atoms with van der Waals surface area (Å²) in [5, 5.41) is 4.61. The zero-order valence-corrected chi connectivity index (χ0v) is 18.8. The predicted octanol–water partition coefficient (Wildman–Crippen LogP) is 4.24. The van der Waals surface area contributed by atoms with Gasteiger partial charge >= 0.3 is 6.36 Å². The van der Waals surface area contributed by atoms with Crippen molar-refractivity contribution in [1.29, 1.82) is 0 Å². The number of hydrazine groups is 1. The number of hydrogen-bond donors (Lipinski definition) is 0. The van der Waals surface area contributed by atoms with E-state index < -0.39 is 6.36 Å². The number of halogens is 3. The number of carbonyl (C=O) groups excluding carboxylic acids is 1. The minimum absolute atomic E-state index is 0.173. The number of ether oxygens (including phenoxy) is 2. The number of likely N-dealkylation sites (tertiary alicyclic amines) is 1. The van der Waals surface area contributed by atoms with Gasteiger partial charge in [-0.2, -0.15) is 0 Å². The van der Waals surface area contributed by atoms with Gasteiger partial charge in [0, 0.05) is 38.9 Å². The van der Waals surface area contributed by atoms with Gasteiger partial charge in [-0.3, -0.25) is 4.79 Å². The average Bonchev–Trinajstić information content (AvgIpc) is 3.37. The van der Waals surface area contributed by atoms with E-state index in [1.807, 2.05) is 0 Å². The highest BCUT2D eigenvalue weighted by Crippen LogP contribution is 2.35. The maximum Gasteiger partial charge on any atom is 0.573 e. The molecule has 0 unspecified atom stereocenters. The lowest BCUT2D eigenvalue weighted by Crippen LogP contribution is -2.43. The number of anilines is 1. The number of aryl methyl sites for hydroxylation is 1. The summed E-state index contributed by atoms with van der Waals surface area (Å²) in [7, 11) is 1.69. The smallest absolute Gasteiger partial charge is 0.406 e. The number of carbonyl (C=O) groups is 1. The number of fused-ring (bicyclic) bond motifs is 1. The van der Waals surface area contributed by atoms with Gasteiger partial charge in [0.05, 0.1) is 18.8 Å². The van der Waals surface area contributed by atoms with Crippen LogP contribution >= 0.6 is 0 Å². The van der Waals surface area contributed by atoms with Gasteiger partial charge in [0.2, 0.25) is 0 Å². The van der Waals surface area contributed by atoms with E-state index in [1.165, 1.54) is 41.1 Å². The van der Waals surface area contributed by atoms with Crippen LogP contribution in [0, 0.1) is 12.8 Å². The summed E-state index contributed by atoms with van der Waals surface area (Å²) in [5.41, 5.74) is 4.15. The van der Waals surface area contributed by atoms with Gasteiger partial charge < -0.3 is 19.4 Å². The highest BCUT2D eigenvalue weighted by atomic mass is 19.4. The Balaban J connectivity index is 1.38. The summed E-state index contributed by atoms with van der Waals surface area (Å²) >= 11 is 0. The second kappa shape index (κ2) is 9.61. The van der Waals surface area contributed by atoms with Gasteiger partial charge in [0.15, 0.2) is 0 Å². The number of hydrogen-bond acceptors (Lipinski definition) is 5. The van der Waals surface area contributed by atoms with Crippen molar-refractivity contribution >= 4 is 11.6 Å². The molecule has 1 amide bonds. The van der Waals surface area contributed by atoms with E-state index in [0.29, 0.717) is 31.2 Å². The van der Waals surface area contributed by atoms with Crippen molar-refractivity contribution in [1.82, 2.24) is 9.91 Å². The highest BCUT2D eigenvalue weighted by Gasteiger charge is 2.34. The van der Waals surface area contributed by atoms with E-state index in [4.69, 9.17) is 4.74 Å². The van der Waals surface area contributed by atoms with Gasteiger partial charge in [-0.25, -0.2) is 5.01 Å². The number of rotatable bonds is 7. The van der Waals surface area contributed by atoms with E-state index in [0.717, 1.165) is 26.1 Å². The van der Waals surface area contributed by atoms with E-state index in [9.17, 15) is 18.0 Å². The fourth-order valence-corrected chi connectivity index (χ4v) is 4.60. The van der Waals surface area contributed by atoms with Crippen molar-refractivity contribution in [3.63, 3.8) is 0 Å². The normalized spacial score (nSPS) is 18.6. The summed E-state index contributed by atoms with van der Waals surface area (Å²) in [6.07, 6.45) is -3.87. The summed E-state index contributed by atoms with van der Waals surface area (Å²) in [6.45, 7) is 6.39. The van der Waals surface area contributed by atoms with Gasteiger partial charge in [-0.15, -0.1) is 13.2 Å². The molecule has 9 heteroatoms. The zero-order chi connectivity index (χ0) is 23.6. The fourth-order valence-electron chi connectivity index (χ4n) is 4.60. The average molecular weight is 464 g/mol. The summed E-state index contributed by atoms with van der Waals surface area (Å²) in [4.78, 5) is 14.7. The largest absolute Gasteiger partial charge is 0.573 e. The first kappa shape index (κ1) is 23.4. The monoisotopic (exact) mass is 463 g/mol. The van der Waals surface area contributed by atoms with Gasteiger partial charge in [-0.05, 0) is 60.7 Å². The molecule has 2 aliphatic heterocycles. The van der Waals surface area contributed by atoms with Crippen LogP contribution in [0.25, 0.3) is 0 Å². The predicted molar refractivity (Wildman–Crippen MR) is 118 cm³/mol. The van der Waals surface area contributed by atoms with Crippen LogP contribution in [-0.2, 0) is 11.3 Å². The maximum absolute atomic E-state index is 12.9. The quantitative estimate of drug-likeness (QED) is 0.615. The molecule has 178 valence electrons. The first-order valence-electron chi connectivity index (χ1n) is 11.0. The lowest BCUT2D eigenvalue weighted by molar-refractivity contribution is -0.274. The molecule has 2 aromatic carbocycles. The lowest BCUT2D eigenvalue weighted by Gasteiger charge is -2.32. The maximum atomic E-state index is 12.9. The third-order valence-electron chi connectivity index (χ3n) is 6.23. The molecular formula is C24H28F3N3O3. The minimum atomic E-state index is -4.75. The molecular weight excluding hydrogens is 435 g/mol. The molecule has 0 aromatic heterocycles. The Morgan fingerprint density at radius 1 is 1.15 bits per heavy atom. The molecule has 6 nitrogen and oxygen atoms in total. The Labute approximate surface area is 191 Å². The molecule has 0 bridgehead atoms. The van der Waals surface area contributed by atoms with Crippen LogP contribution in [0.15, 0.2) is 42.5 Å². The highest BCUT2D eigenvalue weighted by molar-refractivity contribution is 5.94. The van der Waals surface area contributed by atoms with Crippen molar-refractivity contribution in [2.75, 3.05) is 44.9 Å². The molecule has 0 N–H and O–H groups in total. The van der Waals surface area contributed by atoms with Crippen LogP contribution < -0.4 is 9.75 Å². The van der Waals surface area contributed by atoms with Crippen LogP contribution in [-0.4, -0.2) is 62.1 Å². The van der Waals surface area contributed by atoms with Crippen LogP contribution in [0.1, 0.15) is 27.9 Å². The Morgan fingerprint density at radius 3 is 2.61 bits per heavy atom. The molecule has 1 saturated heterocycles. The number of methoxy groups -OCH3 is 1. The van der Waals surface area contributed by atoms with Crippen molar-refractivity contribution in [2.24, 2.45) is 5.92 Å².